The number of hydrogen-bond donors (Lipinski definition) is 0. The number of fused-ring (bicyclic) bond motifs is 4. The fraction of sp³-hybridized carbons (Fsp3) is 0.238. The molecule has 0 saturated heterocycles. The Morgan fingerprint density at radius 1 is 1.24 bits per heavy atom. The van der Waals surface area contributed by atoms with E-state index in [1.54, 1.807) is 28.9 Å². The molecule has 0 unspecified atom stereocenters. The van der Waals surface area contributed by atoms with E-state index < -0.39 is 5.82 Å². The predicted octanol–water partition coefficient (Wildman–Crippen LogP) is 2.40. The molecule has 1 aliphatic heterocycles. The zero-order valence-corrected chi connectivity index (χ0v) is 15.8. The quantitative estimate of drug-likeness (QED) is 0.538. The lowest BCUT2D eigenvalue weighted by Gasteiger charge is -2.18. The van der Waals surface area contributed by atoms with Crippen molar-refractivity contribution in [3.63, 3.8) is 0 Å². The molecule has 3 aromatic heterocycles. The van der Waals surface area contributed by atoms with Crippen LogP contribution in [0.3, 0.4) is 0 Å². The van der Waals surface area contributed by atoms with E-state index >= 15 is 0 Å². The highest BCUT2D eigenvalue weighted by molar-refractivity contribution is 6.03. The third kappa shape index (κ3) is 2.71. The number of halogens is 1. The second kappa shape index (κ2) is 6.51. The molecule has 0 N–H and O–H groups in total. The van der Waals surface area contributed by atoms with E-state index in [2.05, 4.69) is 10.1 Å². The average molecular weight is 391 g/mol. The van der Waals surface area contributed by atoms with Crippen molar-refractivity contribution >= 4 is 33.4 Å². The summed E-state index contributed by atoms with van der Waals surface area (Å²) in [5, 5.41) is 5.36. The van der Waals surface area contributed by atoms with Gasteiger partial charge in [0.2, 0.25) is 5.91 Å². The van der Waals surface area contributed by atoms with Crippen LogP contribution in [0.1, 0.15) is 12.1 Å². The summed E-state index contributed by atoms with van der Waals surface area (Å²) in [6.45, 7) is 0.742. The Morgan fingerprint density at radius 2 is 2.10 bits per heavy atom. The first-order valence-corrected chi connectivity index (χ1v) is 9.42. The fourth-order valence-electron chi connectivity index (χ4n) is 4.13. The molecule has 0 spiro atoms. The Bertz CT molecular complexity index is 1340. The van der Waals surface area contributed by atoms with Crippen molar-refractivity contribution in [2.45, 2.75) is 19.4 Å². The fourth-order valence-corrected chi connectivity index (χ4v) is 4.13. The maximum absolute atomic E-state index is 14.0. The van der Waals surface area contributed by atoms with Crippen LogP contribution in [-0.2, 0) is 24.8 Å². The molecule has 0 atom stereocenters. The van der Waals surface area contributed by atoms with Gasteiger partial charge in [-0.3, -0.25) is 19.3 Å². The van der Waals surface area contributed by atoms with E-state index in [0.717, 1.165) is 23.2 Å². The number of rotatable bonds is 3. The minimum absolute atomic E-state index is 0.0838. The second-order valence-corrected chi connectivity index (χ2v) is 7.16. The van der Waals surface area contributed by atoms with E-state index in [-0.39, 0.29) is 24.4 Å². The summed E-state index contributed by atoms with van der Waals surface area (Å²) in [4.78, 5) is 31.9. The summed E-state index contributed by atoms with van der Waals surface area (Å²) >= 11 is 0. The number of carbonyl (C=O) groups excluding carboxylic acids is 1. The van der Waals surface area contributed by atoms with E-state index in [1.165, 1.54) is 22.9 Å². The van der Waals surface area contributed by atoms with Crippen LogP contribution in [0.2, 0.25) is 0 Å². The van der Waals surface area contributed by atoms with Gasteiger partial charge >= 0.3 is 0 Å². The molecule has 146 valence electrons. The Labute approximate surface area is 165 Å². The average Bonchev–Trinajstić information content (AvgIpc) is 3.32. The maximum Gasteiger partial charge on any atom is 0.262 e. The van der Waals surface area contributed by atoms with Gasteiger partial charge in [-0.25, -0.2) is 4.39 Å². The molecule has 0 aliphatic carbocycles. The highest BCUT2D eigenvalue weighted by Gasteiger charge is 2.25. The van der Waals surface area contributed by atoms with Crippen molar-refractivity contribution < 1.29 is 9.18 Å². The molecule has 4 aromatic rings. The summed E-state index contributed by atoms with van der Waals surface area (Å²) in [6, 6.07) is 8.04. The highest BCUT2D eigenvalue weighted by atomic mass is 19.1. The smallest absolute Gasteiger partial charge is 0.262 e. The van der Waals surface area contributed by atoms with Gasteiger partial charge in [0, 0.05) is 44.6 Å². The lowest BCUT2D eigenvalue weighted by atomic mass is 10.1. The first kappa shape index (κ1) is 17.5. The first-order chi connectivity index (χ1) is 14.0. The standard InChI is InChI=1S/C21H18FN5O2/c1-25-20-14-5-4-13(22)11-18(14)27(21(29)15(20)12-24-25)10-7-19(28)26-9-6-16-17(26)3-2-8-23-16/h2-5,8,11-12H,6-7,9-10H2,1H3. The van der Waals surface area contributed by atoms with E-state index in [1.807, 2.05) is 12.1 Å². The molecule has 1 amide bonds. The number of amides is 1. The summed E-state index contributed by atoms with van der Waals surface area (Å²) in [5.74, 6) is -0.516. The van der Waals surface area contributed by atoms with E-state index in [9.17, 15) is 14.0 Å². The Morgan fingerprint density at radius 3 is 2.97 bits per heavy atom. The van der Waals surface area contributed by atoms with Crippen molar-refractivity contribution in [1.82, 2.24) is 19.3 Å². The minimum Gasteiger partial charge on any atom is -0.310 e. The van der Waals surface area contributed by atoms with Gasteiger partial charge in [0.1, 0.15) is 5.82 Å². The lowest BCUT2D eigenvalue weighted by Crippen LogP contribution is -2.31. The number of aryl methyl sites for hydroxylation is 2. The molecule has 1 aromatic carbocycles. The molecule has 4 heterocycles. The van der Waals surface area contributed by atoms with E-state index in [0.29, 0.717) is 23.0 Å². The molecular weight excluding hydrogens is 373 g/mol. The first-order valence-electron chi connectivity index (χ1n) is 9.42. The molecule has 1 aliphatic rings. The zero-order chi connectivity index (χ0) is 20.1. The molecular formula is C21H18FN5O2. The minimum atomic E-state index is -0.432. The number of benzene rings is 1. The molecule has 29 heavy (non-hydrogen) atoms. The third-order valence-electron chi connectivity index (χ3n) is 5.50. The van der Waals surface area contributed by atoms with Crippen molar-refractivity contribution in [1.29, 1.82) is 0 Å². The van der Waals surface area contributed by atoms with Gasteiger partial charge < -0.3 is 9.47 Å². The van der Waals surface area contributed by atoms with Gasteiger partial charge in [0.15, 0.2) is 0 Å². The Kier molecular flexibility index (Phi) is 3.94. The van der Waals surface area contributed by atoms with Crippen molar-refractivity contribution in [2.24, 2.45) is 7.05 Å². The molecule has 7 nitrogen and oxygen atoms in total. The third-order valence-corrected chi connectivity index (χ3v) is 5.50. The summed E-state index contributed by atoms with van der Waals surface area (Å²) in [5.41, 5.74) is 2.57. The number of hydrogen-bond acceptors (Lipinski definition) is 4. The van der Waals surface area contributed by atoms with Crippen LogP contribution in [-0.4, -0.2) is 31.8 Å². The molecule has 0 bridgehead atoms. The monoisotopic (exact) mass is 391 g/mol. The number of aromatic nitrogens is 4. The van der Waals surface area contributed by atoms with Crippen LogP contribution < -0.4 is 10.5 Å². The maximum atomic E-state index is 14.0. The van der Waals surface area contributed by atoms with Crippen molar-refractivity contribution in [3.8, 4) is 0 Å². The molecule has 8 heteroatoms. The number of nitrogens with zero attached hydrogens (tertiary/aromatic N) is 5. The highest BCUT2D eigenvalue weighted by Crippen LogP contribution is 2.27. The lowest BCUT2D eigenvalue weighted by molar-refractivity contribution is -0.118. The SMILES string of the molecule is Cn1ncc2c(=O)n(CCC(=O)N3CCc4ncccc43)c3cc(F)ccc3c21. The van der Waals surface area contributed by atoms with Crippen molar-refractivity contribution in [3.05, 3.63) is 64.6 Å². The zero-order valence-electron chi connectivity index (χ0n) is 15.8. The number of carbonyl (C=O) groups is 1. The van der Waals surface area contributed by atoms with Gasteiger partial charge in [0.25, 0.3) is 5.56 Å². The van der Waals surface area contributed by atoms with Gasteiger partial charge in [-0.1, -0.05) is 0 Å². The summed E-state index contributed by atoms with van der Waals surface area (Å²) < 4.78 is 17.0. The number of anilines is 1. The topological polar surface area (TPSA) is 73.0 Å². The Balaban J connectivity index is 1.54. The van der Waals surface area contributed by atoms with Crippen LogP contribution in [0.4, 0.5) is 10.1 Å². The van der Waals surface area contributed by atoms with Crippen LogP contribution in [0.15, 0.2) is 47.5 Å². The predicted molar refractivity (Wildman–Crippen MR) is 107 cm³/mol. The van der Waals surface area contributed by atoms with E-state index in [4.69, 9.17) is 0 Å². The molecule has 0 fully saturated rings. The summed E-state index contributed by atoms with van der Waals surface area (Å²) in [6.07, 6.45) is 4.08. The van der Waals surface area contributed by atoms with Gasteiger partial charge in [-0.15, -0.1) is 0 Å². The van der Waals surface area contributed by atoms with Gasteiger partial charge in [-0.2, -0.15) is 5.10 Å². The van der Waals surface area contributed by atoms with Gasteiger partial charge in [0.05, 0.1) is 34.0 Å². The molecule has 0 saturated carbocycles. The van der Waals surface area contributed by atoms with Crippen LogP contribution in [0.5, 0.6) is 0 Å². The largest absolute Gasteiger partial charge is 0.310 e. The van der Waals surface area contributed by atoms with Gasteiger partial charge in [-0.05, 0) is 30.3 Å². The molecule has 0 radical (unpaired) electrons. The normalized spacial score (nSPS) is 13.4. The second-order valence-electron chi connectivity index (χ2n) is 7.16. The Hall–Kier alpha value is -3.55. The number of pyridine rings is 2. The van der Waals surface area contributed by atoms with Crippen LogP contribution in [0.25, 0.3) is 21.8 Å². The van der Waals surface area contributed by atoms with Crippen LogP contribution in [0, 0.1) is 5.82 Å². The summed E-state index contributed by atoms with van der Waals surface area (Å²) in [7, 11) is 1.75. The van der Waals surface area contributed by atoms with Crippen molar-refractivity contribution in [2.75, 3.05) is 11.4 Å². The van der Waals surface area contributed by atoms with Crippen LogP contribution >= 0.6 is 0 Å². The molecule has 5 rings (SSSR count).